The molecule has 92 valence electrons. The minimum absolute atomic E-state index is 0.401. The Kier molecular flexibility index (Phi) is 3.33. The van der Waals surface area contributed by atoms with Gasteiger partial charge in [-0.15, -0.1) is 0 Å². The number of carbonyl (C=O) groups excluding carboxylic acids is 1. The summed E-state index contributed by atoms with van der Waals surface area (Å²) < 4.78 is 0. The lowest BCUT2D eigenvalue weighted by atomic mass is 10.0. The summed E-state index contributed by atoms with van der Waals surface area (Å²) in [4.78, 5) is 13.2. The molecule has 0 unspecified atom stereocenters. The maximum Gasteiger partial charge on any atom is 0.248 e. The average molecular weight is 240 g/mol. The van der Waals surface area contributed by atoms with Gasteiger partial charge in [-0.3, -0.25) is 4.79 Å². The van der Waals surface area contributed by atoms with E-state index in [1.54, 1.807) is 6.07 Å². The summed E-state index contributed by atoms with van der Waals surface area (Å²) in [5.74, 6) is -0.401. The van der Waals surface area contributed by atoms with Crippen molar-refractivity contribution < 1.29 is 4.79 Å². The van der Waals surface area contributed by atoms with Crippen LogP contribution in [-0.2, 0) is 0 Å². The van der Waals surface area contributed by atoms with Crippen molar-refractivity contribution in [1.82, 2.24) is 0 Å². The predicted molar refractivity (Wildman–Crippen MR) is 74.7 cm³/mol. The Hall–Kier alpha value is -2.29. The van der Waals surface area contributed by atoms with E-state index in [0.717, 1.165) is 16.8 Å². The normalized spacial score (nSPS) is 10.1. The van der Waals surface area contributed by atoms with Crippen molar-refractivity contribution in [3.8, 4) is 11.1 Å². The lowest BCUT2D eigenvalue weighted by molar-refractivity contribution is 0.100. The van der Waals surface area contributed by atoms with E-state index in [-0.39, 0.29) is 0 Å². The summed E-state index contributed by atoms with van der Waals surface area (Å²) in [5.41, 5.74) is 9.02. The quantitative estimate of drug-likeness (QED) is 0.896. The summed E-state index contributed by atoms with van der Waals surface area (Å²) in [5, 5.41) is 0. The molecule has 0 radical (unpaired) electrons. The molecule has 0 bridgehead atoms. The highest BCUT2D eigenvalue weighted by molar-refractivity contribution is 5.94. The zero-order chi connectivity index (χ0) is 13.1. The summed E-state index contributed by atoms with van der Waals surface area (Å²) in [6, 6.07) is 15.5. The van der Waals surface area contributed by atoms with Crippen molar-refractivity contribution in [2.45, 2.75) is 0 Å². The minimum atomic E-state index is -0.401. The van der Waals surface area contributed by atoms with Crippen LogP contribution >= 0.6 is 0 Å². The molecule has 0 aromatic heterocycles. The van der Waals surface area contributed by atoms with Gasteiger partial charge in [0.1, 0.15) is 0 Å². The summed E-state index contributed by atoms with van der Waals surface area (Å²) in [7, 11) is 4.01. The average Bonchev–Trinajstić information content (AvgIpc) is 2.39. The summed E-state index contributed by atoms with van der Waals surface area (Å²) in [6.07, 6.45) is 0. The SMILES string of the molecule is CN(C)c1ccc(-c2cccc(C(N)=O)c2)cc1. The van der Waals surface area contributed by atoms with Gasteiger partial charge in [0.2, 0.25) is 5.91 Å². The maximum atomic E-state index is 11.1. The van der Waals surface area contributed by atoms with Crippen molar-refractivity contribution in [2.24, 2.45) is 5.73 Å². The van der Waals surface area contributed by atoms with Crippen LogP contribution < -0.4 is 10.6 Å². The molecule has 3 nitrogen and oxygen atoms in total. The van der Waals surface area contributed by atoms with Gasteiger partial charge in [0.15, 0.2) is 0 Å². The van der Waals surface area contributed by atoms with Gasteiger partial charge in [-0.1, -0.05) is 24.3 Å². The van der Waals surface area contributed by atoms with Gasteiger partial charge in [-0.25, -0.2) is 0 Å². The Labute approximate surface area is 107 Å². The highest BCUT2D eigenvalue weighted by Gasteiger charge is 2.03. The van der Waals surface area contributed by atoms with Gasteiger partial charge < -0.3 is 10.6 Å². The molecule has 0 aliphatic heterocycles. The Bertz CT molecular complexity index is 559. The van der Waals surface area contributed by atoms with Crippen molar-refractivity contribution in [2.75, 3.05) is 19.0 Å². The highest BCUT2D eigenvalue weighted by atomic mass is 16.1. The molecule has 0 spiro atoms. The Morgan fingerprint density at radius 1 is 1.00 bits per heavy atom. The number of rotatable bonds is 3. The monoisotopic (exact) mass is 240 g/mol. The third-order valence-electron chi connectivity index (χ3n) is 2.86. The fourth-order valence-corrected chi connectivity index (χ4v) is 1.80. The van der Waals surface area contributed by atoms with E-state index in [4.69, 9.17) is 5.73 Å². The number of benzene rings is 2. The molecule has 2 rings (SSSR count). The molecule has 1 amide bonds. The third kappa shape index (κ3) is 2.51. The molecule has 2 N–H and O–H groups in total. The molecule has 3 heteroatoms. The molecular weight excluding hydrogens is 224 g/mol. The number of nitrogens with zero attached hydrogens (tertiary/aromatic N) is 1. The van der Waals surface area contributed by atoms with E-state index >= 15 is 0 Å². The minimum Gasteiger partial charge on any atom is -0.378 e. The lowest BCUT2D eigenvalue weighted by Gasteiger charge is -2.12. The fourth-order valence-electron chi connectivity index (χ4n) is 1.80. The van der Waals surface area contributed by atoms with Gasteiger partial charge >= 0.3 is 0 Å². The number of amides is 1. The standard InChI is InChI=1S/C15H16N2O/c1-17(2)14-8-6-11(7-9-14)12-4-3-5-13(10-12)15(16)18/h3-10H,1-2H3,(H2,16,18). The van der Waals surface area contributed by atoms with E-state index in [0.29, 0.717) is 5.56 Å². The second-order valence-corrected chi connectivity index (χ2v) is 4.39. The van der Waals surface area contributed by atoms with E-state index < -0.39 is 5.91 Å². The van der Waals surface area contributed by atoms with Crippen LogP contribution in [0.25, 0.3) is 11.1 Å². The van der Waals surface area contributed by atoms with Crippen LogP contribution in [-0.4, -0.2) is 20.0 Å². The van der Waals surface area contributed by atoms with Crippen LogP contribution in [0.3, 0.4) is 0 Å². The van der Waals surface area contributed by atoms with Crippen LogP contribution in [0.1, 0.15) is 10.4 Å². The second kappa shape index (κ2) is 4.92. The zero-order valence-corrected chi connectivity index (χ0v) is 10.6. The Morgan fingerprint density at radius 2 is 1.67 bits per heavy atom. The van der Waals surface area contributed by atoms with Gasteiger partial charge in [0.05, 0.1) is 0 Å². The van der Waals surface area contributed by atoms with E-state index in [1.165, 1.54) is 0 Å². The fraction of sp³-hybridized carbons (Fsp3) is 0.133. The molecule has 2 aromatic carbocycles. The highest BCUT2D eigenvalue weighted by Crippen LogP contribution is 2.23. The Balaban J connectivity index is 2.36. The molecular formula is C15H16N2O. The molecule has 0 saturated carbocycles. The van der Waals surface area contributed by atoms with Crippen molar-refractivity contribution in [1.29, 1.82) is 0 Å². The lowest BCUT2D eigenvalue weighted by Crippen LogP contribution is -2.10. The summed E-state index contributed by atoms with van der Waals surface area (Å²) >= 11 is 0. The van der Waals surface area contributed by atoms with E-state index in [9.17, 15) is 4.79 Å². The number of primary amides is 1. The Morgan fingerprint density at radius 3 is 2.22 bits per heavy atom. The first-order valence-corrected chi connectivity index (χ1v) is 5.75. The van der Waals surface area contributed by atoms with Gasteiger partial charge in [0.25, 0.3) is 0 Å². The maximum absolute atomic E-state index is 11.1. The third-order valence-corrected chi connectivity index (χ3v) is 2.86. The number of hydrogen-bond acceptors (Lipinski definition) is 2. The van der Waals surface area contributed by atoms with Crippen LogP contribution in [0, 0.1) is 0 Å². The first-order chi connectivity index (χ1) is 8.58. The number of carbonyl (C=O) groups is 1. The molecule has 0 atom stereocenters. The molecule has 0 fully saturated rings. The van der Waals surface area contributed by atoms with Crippen LogP contribution in [0.2, 0.25) is 0 Å². The molecule has 0 aliphatic rings. The van der Waals surface area contributed by atoms with Crippen LogP contribution in [0.15, 0.2) is 48.5 Å². The number of hydrogen-bond donors (Lipinski definition) is 1. The molecule has 18 heavy (non-hydrogen) atoms. The van der Waals surface area contributed by atoms with E-state index in [2.05, 4.69) is 0 Å². The number of anilines is 1. The zero-order valence-electron chi connectivity index (χ0n) is 10.6. The topological polar surface area (TPSA) is 46.3 Å². The first-order valence-electron chi connectivity index (χ1n) is 5.75. The molecule has 2 aromatic rings. The smallest absolute Gasteiger partial charge is 0.248 e. The van der Waals surface area contributed by atoms with Gasteiger partial charge in [0, 0.05) is 25.3 Å². The number of nitrogens with two attached hydrogens (primary N) is 1. The molecule has 0 heterocycles. The van der Waals surface area contributed by atoms with Crippen LogP contribution in [0.4, 0.5) is 5.69 Å². The van der Waals surface area contributed by atoms with Gasteiger partial charge in [-0.2, -0.15) is 0 Å². The largest absolute Gasteiger partial charge is 0.378 e. The second-order valence-electron chi connectivity index (χ2n) is 4.39. The van der Waals surface area contributed by atoms with Crippen molar-refractivity contribution >= 4 is 11.6 Å². The van der Waals surface area contributed by atoms with Crippen LogP contribution in [0.5, 0.6) is 0 Å². The molecule has 0 saturated heterocycles. The molecule has 0 aliphatic carbocycles. The predicted octanol–water partition coefficient (Wildman–Crippen LogP) is 2.52. The van der Waals surface area contributed by atoms with Crippen molar-refractivity contribution in [3.05, 3.63) is 54.1 Å². The van der Waals surface area contributed by atoms with E-state index in [1.807, 2.05) is 61.5 Å². The summed E-state index contributed by atoms with van der Waals surface area (Å²) in [6.45, 7) is 0. The first kappa shape index (κ1) is 12.2. The van der Waals surface area contributed by atoms with Crippen molar-refractivity contribution in [3.63, 3.8) is 0 Å². The van der Waals surface area contributed by atoms with Gasteiger partial charge in [-0.05, 0) is 35.4 Å².